The Labute approximate surface area is 103 Å². The fraction of sp³-hybridized carbons (Fsp3) is 0.667. The molecule has 15 heavy (non-hydrogen) atoms. The summed E-state index contributed by atoms with van der Waals surface area (Å²) in [5.41, 5.74) is 1.80. The molecule has 0 spiro atoms. The normalized spacial score (nSPS) is 19.5. The average Bonchev–Trinajstić information content (AvgIpc) is 2.72. The number of piperidine rings is 1. The maximum atomic E-state index is 11.9. The van der Waals surface area contributed by atoms with Crippen LogP contribution in [0.4, 0.5) is 0 Å². The Morgan fingerprint density at radius 2 is 2.27 bits per heavy atom. The predicted octanol–water partition coefficient (Wildman–Crippen LogP) is 1.57. The van der Waals surface area contributed by atoms with E-state index < -0.39 is 10.8 Å². The van der Waals surface area contributed by atoms with Gasteiger partial charge in [0, 0.05) is 27.1 Å². The van der Waals surface area contributed by atoms with Crippen molar-refractivity contribution in [2.24, 2.45) is 0 Å². The highest BCUT2D eigenvalue weighted by Gasteiger charge is 2.19. The monoisotopic (exact) mass is 266 g/mol. The van der Waals surface area contributed by atoms with Crippen molar-refractivity contribution in [2.45, 2.75) is 23.8 Å². The second kappa shape index (κ2) is 6.58. The van der Waals surface area contributed by atoms with Crippen LogP contribution >= 0.6 is 23.7 Å². The summed E-state index contributed by atoms with van der Waals surface area (Å²) in [5, 5.41) is 3.67. The first-order valence-corrected chi connectivity index (χ1v) is 7.07. The van der Waals surface area contributed by atoms with E-state index in [0.717, 1.165) is 30.8 Å². The van der Waals surface area contributed by atoms with Crippen LogP contribution in [0.1, 0.15) is 17.7 Å². The standard InChI is InChI=1S/C9H14N2OS2.ClH/c12-14(6-8-5-11-7-13-8)9-1-3-10-4-2-9;/h5,7,9-10H,1-4,6H2;1H. The molecule has 1 aliphatic rings. The fourth-order valence-corrected chi connectivity index (χ4v) is 3.98. The van der Waals surface area contributed by atoms with Crippen LogP contribution in [0.5, 0.6) is 0 Å². The Morgan fingerprint density at radius 1 is 1.53 bits per heavy atom. The minimum atomic E-state index is -0.705. The van der Waals surface area contributed by atoms with Gasteiger partial charge in [-0.15, -0.1) is 23.7 Å². The molecule has 0 aromatic carbocycles. The van der Waals surface area contributed by atoms with E-state index in [1.807, 2.05) is 6.20 Å². The maximum Gasteiger partial charge on any atom is 0.0794 e. The zero-order valence-electron chi connectivity index (χ0n) is 8.35. The van der Waals surface area contributed by atoms with Gasteiger partial charge in [0.1, 0.15) is 0 Å². The van der Waals surface area contributed by atoms with Crippen LogP contribution in [0.2, 0.25) is 0 Å². The molecule has 0 bridgehead atoms. The largest absolute Gasteiger partial charge is 0.317 e. The molecule has 1 aliphatic heterocycles. The second-order valence-corrected chi connectivity index (χ2v) is 6.13. The van der Waals surface area contributed by atoms with Gasteiger partial charge in [-0.25, -0.2) is 0 Å². The van der Waals surface area contributed by atoms with Crippen LogP contribution in [-0.4, -0.2) is 27.5 Å². The highest BCUT2D eigenvalue weighted by atomic mass is 35.5. The van der Waals surface area contributed by atoms with E-state index in [1.165, 1.54) is 0 Å². The number of thiazole rings is 1. The molecular formula is C9H15ClN2OS2. The smallest absolute Gasteiger partial charge is 0.0794 e. The van der Waals surface area contributed by atoms with Crippen LogP contribution < -0.4 is 5.32 Å². The van der Waals surface area contributed by atoms with Gasteiger partial charge in [0.2, 0.25) is 0 Å². The molecule has 1 fully saturated rings. The van der Waals surface area contributed by atoms with Crippen molar-refractivity contribution in [1.29, 1.82) is 0 Å². The van der Waals surface area contributed by atoms with E-state index in [9.17, 15) is 4.21 Å². The van der Waals surface area contributed by atoms with Crippen LogP contribution in [0.25, 0.3) is 0 Å². The summed E-state index contributed by atoms with van der Waals surface area (Å²) in [5.74, 6) is 0.690. The van der Waals surface area contributed by atoms with E-state index >= 15 is 0 Å². The minimum Gasteiger partial charge on any atom is -0.317 e. The molecule has 0 aliphatic carbocycles. The number of halogens is 1. The number of rotatable bonds is 3. The van der Waals surface area contributed by atoms with Crippen molar-refractivity contribution < 1.29 is 4.21 Å². The van der Waals surface area contributed by atoms with E-state index in [0.29, 0.717) is 11.0 Å². The lowest BCUT2D eigenvalue weighted by molar-refractivity contribution is 0.519. The lowest BCUT2D eigenvalue weighted by Gasteiger charge is -2.21. The zero-order chi connectivity index (χ0) is 9.80. The summed E-state index contributed by atoms with van der Waals surface area (Å²) < 4.78 is 11.9. The average molecular weight is 267 g/mol. The third kappa shape index (κ3) is 3.83. The third-order valence-corrected chi connectivity index (χ3v) is 5.20. The van der Waals surface area contributed by atoms with E-state index in [1.54, 1.807) is 16.8 Å². The summed E-state index contributed by atoms with van der Waals surface area (Å²) in [4.78, 5) is 5.13. The van der Waals surface area contributed by atoms with Crippen molar-refractivity contribution >= 4 is 34.5 Å². The van der Waals surface area contributed by atoms with Crippen LogP contribution in [-0.2, 0) is 16.6 Å². The molecule has 1 N–H and O–H groups in total. The molecule has 86 valence electrons. The first-order chi connectivity index (χ1) is 6.86. The van der Waals surface area contributed by atoms with Gasteiger partial charge in [0.25, 0.3) is 0 Å². The topological polar surface area (TPSA) is 42.0 Å². The molecule has 0 saturated carbocycles. The molecule has 0 amide bonds. The van der Waals surface area contributed by atoms with E-state index in [2.05, 4.69) is 10.3 Å². The Hall–Kier alpha value is 0.0300. The van der Waals surface area contributed by atoms with Crippen molar-refractivity contribution in [1.82, 2.24) is 10.3 Å². The van der Waals surface area contributed by atoms with Gasteiger partial charge in [0.05, 0.1) is 11.3 Å². The van der Waals surface area contributed by atoms with Crippen LogP contribution in [0, 0.1) is 0 Å². The molecule has 2 heterocycles. The molecule has 2 rings (SSSR count). The van der Waals surface area contributed by atoms with Gasteiger partial charge in [0.15, 0.2) is 0 Å². The van der Waals surface area contributed by atoms with Gasteiger partial charge < -0.3 is 5.32 Å². The zero-order valence-corrected chi connectivity index (χ0v) is 10.8. The lowest BCUT2D eigenvalue weighted by atomic mass is 10.2. The van der Waals surface area contributed by atoms with E-state index in [4.69, 9.17) is 0 Å². The summed E-state index contributed by atoms with van der Waals surface area (Å²) in [7, 11) is -0.705. The Kier molecular flexibility index (Phi) is 5.74. The first kappa shape index (κ1) is 13.1. The molecule has 1 aromatic heterocycles. The van der Waals surface area contributed by atoms with Crippen LogP contribution in [0.3, 0.4) is 0 Å². The number of nitrogens with zero attached hydrogens (tertiary/aromatic N) is 1. The molecule has 1 unspecified atom stereocenters. The number of aromatic nitrogens is 1. The lowest BCUT2D eigenvalue weighted by Crippen LogP contribution is -2.33. The van der Waals surface area contributed by atoms with Gasteiger partial charge in [-0.2, -0.15) is 0 Å². The number of hydrogen-bond acceptors (Lipinski definition) is 4. The Bertz CT molecular complexity index is 299. The van der Waals surface area contributed by atoms with Crippen molar-refractivity contribution in [3.63, 3.8) is 0 Å². The Morgan fingerprint density at radius 3 is 2.87 bits per heavy atom. The summed E-state index contributed by atoms with van der Waals surface area (Å²) in [6.45, 7) is 2.03. The molecule has 6 heteroatoms. The highest BCUT2D eigenvalue weighted by Crippen LogP contribution is 2.16. The highest BCUT2D eigenvalue weighted by molar-refractivity contribution is 7.85. The Balaban J connectivity index is 0.00000112. The van der Waals surface area contributed by atoms with Gasteiger partial charge in [-0.1, -0.05) is 0 Å². The van der Waals surface area contributed by atoms with Crippen molar-refractivity contribution in [3.05, 3.63) is 16.6 Å². The van der Waals surface area contributed by atoms with Gasteiger partial charge in [-0.3, -0.25) is 9.19 Å². The number of hydrogen-bond donors (Lipinski definition) is 1. The summed E-state index contributed by atoms with van der Waals surface area (Å²) >= 11 is 1.60. The molecule has 1 saturated heterocycles. The quantitative estimate of drug-likeness (QED) is 0.903. The summed E-state index contributed by atoms with van der Waals surface area (Å²) in [6.07, 6.45) is 3.92. The number of nitrogens with one attached hydrogen (secondary N) is 1. The van der Waals surface area contributed by atoms with Gasteiger partial charge >= 0.3 is 0 Å². The second-order valence-electron chi connectivity index (χ2n) is 3.44. The molecule has 0 radical (unpaired) electrons. The molecule has 3 nitrogen and oxygen atoms in total. The predicted molar refractivity (Wildman–Crippen MR) is 67.1 cm³/mol. The first-order valence-electron chi connectivity index (χ1n) is 4.81. The van der Waals surface area contributed by atoms with Crippen molar-refractivity contribution in [3.8, 4) is 0 Å². The fourth-order valence-electron chi connectivity index (χ4n) is 1.63. The van der Waals surface area contributed by atoms with Gasteiger partial charge in [-0.05, 0) is 25.9 Å². The third-order valence-electron chi connectivity index (χ3n) is 2.43. The van der Waals surface area contributed by atoms with Crippen molar-refractivity contribution in [2.75, 3.05) is 13.1 Å². The van der Waals surface area contributed by atoms with Crippen LogP contribution in [0.15, 0.2) is 11.7 Å². The molecular weight excluding hydrogens is 252 g/mol. The van der Waals surface area contributed by atoms with E-state index in [-0.39, 0.29) is 12.4 Å². The molecule has 1 atom stereocenters. The minimum absolute atomic E-state index is 0. The maximum absolute atomic E-state index is 11.9. The molecule has 1 aromatic rings. The SMILES string of the molecule is Cl.O=S(Cc1cncs1)C1CCNCC1. The summed E-state index contributed by atoms with van der Waals surface area (Å²) in [6, 6.07) is 0.